The number of aryl methyl sites for hydroxylation is 1. The summed E-state index contributed by atoms with van der Waals surface area (Å²) in [6, 6.07) is 13.0. The van der Waals surface area contributed by atoms with Gasteiger partial charge >= 0.3 is 5.97 Å². The van der Waals surface area contributed by atoms with Gasteiger partial charge in [0.25, 0.3) is 0 Å². The number of anilines is 1. The monoisotopic (exact) mass is 298 g/mol. The fraction of sp³-hybridized carbons (Fsp3) is 0.125. The third kappa shape index (κ3) is 3.03. The average molecular weight is 298 g/mol. The number of nitrogen functional groups attached to an aromatic ring is 1. The Kier molecular flexibility index (Phi) is 3.58. The summed E-state index contributed by atoms with van der Waals surface area (Å²) >= 11 is 1.53. The van der Waals surface area contributed by atoms with E-state index in [0.29, 0.717) is 11.3 Å². The van der Waals surface area contributed by atoms with Gasteiger partial charge in [-0.2, -0.15) is 0 Å². The number of aromatic nitrogens is 1. The third-order valence-corrected chi connectivity index (χ3v) is 4.01. The van der Waals surface area contributed by atoms with E-state index in [1.54, 1.807) is 12.1 Å². The van der Waals surface area contributed by atoms with E-state index in [2.05, 4.69) is 4.98 Å². The molecule has 21 heavy (non-hydrogen) atoms. The van der Waals surface area contributed by atoms with Crippen molar-refractivity contribution in [1.82, 2.24) is 4.98 Å². The number of nitrogens with zero attached hydrogens (tertiary/aromatic N) is 1. The minimum atomic E-state index is -0.385. The van der Waals surface area contributed by atoms with E-state index in [-0.39, 0.29) is 12.6 Å². The molecule has 3 aromatic rings. The van der Waals surface area contributed by atoms with Crippen molar-refractivity contribution in [2.45, 2.75) is 13.5 Å². The number of carbonyl (C=O) groups is 1. The van der Waals surface area contributed by atoms with E-state index in [4.69, 9.17) is 10.5 Å². The normalized spacial score (nSPS) is 10.7. The van der Waals surface area contributed by atoms with Gasteiger partial charge in [0.05, 0.1) is 15.8 Å². The highest BCUT2D eigenvalue weighted by Crippen LogP contribution is 2.22. The molecule has 0 bridgehead atoms. The summed E-state index contributed by atoms with van der Waals surface area (Å²) in [6.45, 7) is 2.06. The molecule has 0 aliphatic carbocycles. The minimum Gasteiger partial charge on any atom is -0.455 e. The Morgan fingerprint density at radius 3 is 2.86 bits per heavy atom. The predicted molar refractivity (Wildman–Crippen MR) is 84.3 cm³/mol. The van der Waals surface area contributed by atoms with Crippen LogP contribution >= 0.6 is 11.3 Å². The van der Waals surface area contributed by atoms with Crippen LogP contribution in [-0.4, -0.2) is 11.0 Å². The first kappa shape index (κ1) is 13.6. The number of hydrogen-bond acceptors (Lipinski definition) is 5. The van der Waals surface area contributed by atoms with E-state index in [1.165, 1.54) is 11.3 Å². The third-order valence-electron chi connectivity index (χ3n) is 3.00. The molecule has 0 aliphatic heterocycles. The van der Waals surface area contributed by atoms with Gasteiger partial charge < -0.3 is 10.5 Å². The van der Waals surface area contributed by atoms with Crippen molar-refractivity contribution >= 4 is 33.2 Å². The zero-order chi connectivity index (χ0) is 14.8. The molecular formula is C16H14N2O2S. The molecule has 0 saturated carbocycles. The molecule has 2 N–H and O–H groups in total. The second kappa shape index (κ2) is 5.54. The number of carbonyl (C=O) groups excluding carboxylic acids is 1. The largest absolute Gasteiger partial charge is 0.455 e. The predicted octanol–water partition coefficient (Wildman–Crippen LogP) is 3.54. The van der Waals surface area contributed by atoms with E-state index in [0.717, 1.165) is 20.8 Å². The van der Waals surface area contributed by atoms with Crippen molar-refractivity contribution < 1.29 is 9.53 Å². The number of esters is 1. The molecule has 5 heteroatoms. The number of ether oxygens (including phenoxy) is 1. The van der Waals surface area contributed by atoms with Crippen LogP contribution in [0.1, 0.15) is 20.9 Å². The Hall–Kier alpha value is -2.40. The van der Waals surface area contributed by atoms with Crippen molar-refractivity contribution in [3.8, 4) is 0 Å². The highest BCUT2D eigenvalue weighted by atomic mass is 32.1. The maximum absolute atomic E-state index is 12.0. The number of nitrogens with two attached hydrogens (primary N) is 1. The zero-order valence-electron chi connectivity index (χ0n) is 11.5. The van der Waals surface area contributed by atoms with Gasteiger partial charge in [-0.3, -0.25) is 0 Å². The van der Waals surface area contributed by atoms with Gasteiger partial charge in [0.15, 0.2) is 0 Å². The van der Waals surface area contributed by atoms with Gasteiger partial charge in [-0.05, 0) is 42.8 Å². The van der Waals surface area contributed by atoms with Crippen LogP contribution in [0.4, 0.5) is 5.69 Å². The van der Waals surface area contributed by atoms with E-state index >= 15 is 0 Å². The lowest BCUT2D eigenvalue weighted by molar-refractivity contribution is 0.0472. The quantitative estimate of drug-likeness (QED) is 0.593. The molecule has 0 amide bonds. The Balaban J connectivity index is 1.73. The summed E-state index contributed by atoms with van der Waals surface area (Å²) in [7, 11) is 0. The number of hydrogen-bond donors (Lipinski definition) is 1. The highest BCUT2D eigenvalue weighted by molar-refractivity contribution is 7.18. The molecule has 106 valence electrons. The molecule has 4 nitrogen and oxygen atoms in total. The summed E-state index contributed by atoms with van der Waals surface area (Å²) < 4.78 is 6.39. The number of para-hydroxylation sites is 1. The van der Waals surface area contributed by atoms with Gasteiger partial charge in [0.2, 0.25) is 0 Å². The van der Waals surface area contributed by atoms with Crippen molar-refractivity contribution in [2.24, 2.45) is 0 Å². The van der Waals surface area contributed by atoms with E-state index in [1.807, 2.05) is 37.3 Å². The van der Waals surface area contributed by atoms with Gasteiger partial charge in [-0.1, -0.05) is 12.1 Å². The Labute approximate surface area is 126 Å². The summed E-state index contributed by atoms with van der Waals surface area (Å²) in [4.78, 5) is 16.5. The number of rotatable bonds is 3. The smallest absolute Gasteiger partial charge is 0.338 e. The molecule has 0 aliphatic rings. The topological polar surface area (TPSA) is 65.2 Å². The highest BCUT2D eigenvalue weighted by Gasteiger charge is 2.10. The first-order chi connectivity index (χ1) is 10.1. The lowest BCUT2D eigenvalue weighted by Gasteiger charge is -2.05. The molecule has 2 aromatic carbocycles. The summed E-state index contributed by atoms with van der Waals surface area (Å²) in [6.07, 6.45) is 0. The van der Waals surface area contributed by atoms with Gasteiger partial charge in [0, 0.05) is 5.69 Å². The van der Waals surface area contributed by atoms with Crippen LogP contribution in [0.5, 0.6) is 0 Å². The van der Waals surface area contributed by atoms with Gasteiger partial charge in [-0.25, -0.2) is 9.78 Å². The molecular weight excluding hydrogens is 284 g/mol. The summed E-state index contributed by atoms with van der Waals surface area (Å²) in [5.41, 5.74) is 8.62. The van der Waals surface area contributed by atoms with Gasteiger partial charge in [0.1, 0.15) is 11.6 Å². The first-order valence-corrected chi connectivity index (χ1v) is 7.32. The molecule has 3 rings (SSSR count). The first-order valence-electron chi connectivity index (χ1n) is 6.50. The maximum atomic E-state index is 12.0. The fourth-order valence-corrected chi connectivity index (χ4v) is 3.00. The van der Waals surface area contributed by atoms with Crippen LogP contribution in [0.15, 0.2) is 42.5 Å². The lowest BCUT2D eigenvalue weighted by Crippen LogP contribution is -2.06. The van der Waals surface area contributed by atoms with Crippen molar-refractivity contribution in [3.05, 3.63) is 58.6 Å². The van der Waals surface area contributed by atoms with Crippen LogP contribution < -0.4 is 5.73 Å². The molecule has 0 unspecified atom stereocenters. The second-order valence-electron chi connectivity index (χ2n) is 4.78. The fourth-order valence-electron chi connectivity index (χ4n) is 2.12. The molecule has 0 spiro atoms. The molecule has 1 heterocycles. The van der Waals surface area contributed by atoms with Crippen LogP contribution in [0.2, 0.25) is 0 Å². The van der Waals surface area contributed by atoms with Crippen LogP contribution in [0.25, 0.3) is 10.2 Å². The van der Waals surface area contributed by atoms with Crippen LogP contribution in [-0.2, 0) is 11.3 Å². The average Bonchev–Trinajstić information content (AvgIpc) is 2.86. The summed E-state index contributed by atoms with van der Waals surface area (Å²) in [5.74, 6) is -0.385. The molecule has 0 saturated heterocycles. The van der Waals surface area contributed by atoms with Crippen molar-refractivity contribution in [2.75, 3.05) is 5.73 Å². The second-order valence-corrected chi connectivity index (χ2v) is 5.90. The SMILES string of the molecule is Cc1cc(N)cc(C(=O)OCc2nc3ccccc3s2)c1. The Morgan fingerprint density at radius 1 is 1.29 bits per heavy atom. The molecule has 0 fully saturated rings. The zero-order valence-corrected chi connectivity index (χ0v) is 12.3. The van der Waals surface area contributed by atoms with Crippen molar-refractivity contribution in [1.29, 1.82) is 0 Å². The Morgan fingerprint density at radius 2 is 2.10 bits per heavy atom. The minimum absolute atomic E-state index is 0.173. The number of benzene rings is 2. The number of thiazole rings is 1. The summed E-state index contributed by atoms with van der Waals surface area (Å²) in [5, 5.41) is 0.783. The number of fused-ring (bicyclic) bond motifs is 1. The van der Waals surface area contributed by atoms with E-state index in [9.17, 15) is 4.79 Å². The molecule has 0 radical (unpaired) electrons. The molecule has 0 atom stereocenters. The van der Waals surface area contributed by atoms with Gasteiger partial charge in [-0.15, -0.1) is 11.3 Å². The van der Waals surface area contributed by atoms with Crippen LogP contribution in [0, 0.1) is 6.92 Å². The van der Waals surface area contributed by atoms with Crippen LogP contribution in [0.3, 0.4) is 0 Å². The van der Waals surface area contributed by atoms with Crippen molar-refractivity contribution in [3.63, 3.8) is 0 Å². The molecule has 1 aromatic heterocycles. The van der Waals surface area contributed by atoms with E-state index < -0.39 is 0 Å². The lowest BCUT2D eigenvalue weighted by atomic mass is 10.1. The standard InChI is InChI=1S/C16H14N2O2S/c1-10-6-11(8-12(17)7-10)16(19)20-9-15-18-13-4-2-3-5-14(13)21-15/h2-8H,9,17H2,1H3. The Bertz CT molecular complexity index is 758. The maximum Gasteiger partial charge on any atom is 0.338 e.